The molecular weight excluding hydrogens is 378 g/mol. The number of aryl methyl sites for hydroxylation is 3. The Morgan fingerprint density at radius 3 is 2.92 bits per heavy atom. The number of nitrogens with zero attached hydrogens (tertiary/aromatic N) is 2. The van der Waals surface area contributed by atoms with Crippen LogP contribution in [0.25, 0.3) is 5.65 Å². The minimum atomic E-state index is -0.0176. The van der Waals surface area contributed by atoms with Gasteiger partial charge in [0.2, 0.25) is 5.91 Å². The monoisotopic (exact) mass is 397 g/mol. The number of anilines is 1. The molecule has 2 heterocycles. The van der Waals surface area contributed by atoms with Gasteiger partial charge in [0.05, 0.1) is 5.69 Å². The van der Waals surface area contributed by atoms with Crippen LogP contribution in [0, 0.1) is 19.8 Å². The van der Waals surface area contributed by atoms with Crippen molar-refractivity contribution >= 4 is 33.2 Å². The molecule has 1 aliphatic rings. The van der Waals surface area contributed by atoms with Gasteiger partial charge in [-0.05, 0) is 62.1 Å². The number of hydrogen-bond acceptors (Lipinski definition) is 2. The number of nitrogens with one attached hydrogen (secondary N) is 1. The average Bonchev–Trinajstić information content (AvgIpc) is 2.94. The first-order chi connectivity index (χ1) is 12.0. The van der Waals surface area contributed by atoms with E-state index in [0.717, 1.165) is 46.3 Å². The zero-order chi connectivity index (χ0) is 17.6. The van der Waals surface area contributed by atoms with Crippen molar-refractivity contribution < 1.29 is 4.79 Å². The molecule has 1 aromatic carbocycles. The number of rotatable bonds is 2. The molecular formula is C20H20BrN3O. The number of fused-ring (bicyclic) bond motifs is 3. The summed E-state index contributed by atoms with van der Waals surface area (Å²) in [5, 5.41) is 3.10. The van der Waals surface area contributed by atoms with E-state index in [1.54, 1.807) is 0 Å². The number of halogens is 1. The van der Waals surface area contributed by atoms with E-state index >= 15 is 0 Å². The Kier molecular flexibility index (Phi) is 4.12. The highest BCUT2D eigenvalue weighted by Gasteiger charge is 2.28. The summed E-state index contributed by atoms with van der Waals surface area (Å²) < 4.78 is 3.17. The van der Waals surface area contributed by atoms with E-state index in [4.69, 9.17) is 4.98 Å². The molecule has 0 saturated heterocycles. The molecule has 3 aromatic rings. The molecule has 0 bridgehead atoms. The van der Waals surface area contributed by atoms with Crippen molar-refractivity contribution in [2.75, 3.05) is 5.32 Å². The van der Waals surface area contributed by atoms with Crippen molar-refractivity contribution in [2.45, 2.75) is 33.1 Å². The average molecular weight is 398 g/mol. The predicted octanol–water partition coefficient (Wildman–Crippen LogP) is 4.46. The van der Waals surface area contributed by atoms with Gasteiger partial charge in [0.1, 0.15) is 5.65 Å². The predicted molar refractivity (Wildman–Crippen MR) is 103 cm³/mol. The molecule has 4 nitrogen and oxygen atoms in total. The highest BCUT2D eigenvalue weighted by Crippen LogP contribution is 2.28. The number of pyridine rings is 1. The lowest BCUT2D eigenvalue weighted by molar-refractivity contribution is -0.120. The van der Waals surface area contributed by atoms with E-state index in [0.29, 0.717) is 0 Å². The second kappa shape index (κ2) is 6.30. The van der Waals surface area contributed by atoms with Crippen molar-refractivity contribution in [3.8, 4) is 0 Å². The molecule has 0 spiro atoms. The minimum Gasteiger partial charge on any atom is -0.326 e. The summed E-state index contributed by atoms with van der Waals surface area (Å²) in [4.78, 5) is 17.5. The first-order valence-corrected chi connectivity index (χ1v) is 9.34. The van der Waals surface area contributed by atoms with Crippen LogP contribution in [0.2, 0.25) is 0 Å². The number of carbonyl (C=O) groups is 1. The Morgan fingerprint density at radius 2 is 2.12 bits per heavy atom. The smallest absolute Gasteiger partial charge is 0.227 e. The van der Waals surface area contributed by atoms with E-state index in [1.165, 1.54) is 11.3 Å². The van der Waals surface area contributed by atoms with E-state index in [2.05, 4.69) is 44.8 Å². The van der Waals surface area contributed by atoms with Crippen LogP contribution in [0.3, 0.4) is 0 Å². The summed E-state index contributed by atoms with van der Waals surface area (Å²) in [5.41, 5.74) is 6.43. The van der Waals surface area contributed by atoms with Crippen LogP contribution in [0.15, 0.2) is 41.0 Å². The van der Waals surface area contributed by atoms with Gasteiger partial charge < -0.3 is 9.72 Å². The van der Waals surface area contributed by atoms with Crippen LogP contribution < -0.4 is 5.32 Å². The minimum absolute atomic E-state index is 0.0176. The van der Waals surface area contributed by atoms with Gasteiger partial charge in [0.15, 0.2) is 0 Å². The molecule has 5 heteroatoms. The van der Waals surface area contributed by atoms with Crippen LogP contribution >= 0.6 is 15.9 Å². The topological polar surface area (TPSA) is 46.4 Å². The molecule has 1 aliphatic carbocycles. The number of hydrogen-bond donors (Lipinski definition) is 1. The SMILES string of the molecule is Cc1ccc2nc3c(n2c1)CC(C(=O)Nc1ccc(Br)cc1C)CC3. The Labute approximate surface area is 155 Å². The molecule has 0 aliphatic heterocycles. The molecule has 128 valence electrons. The molecule has 0 fully saturated rings. The summed E-state index contributed by atoms with van der Waals surface area (Å²) in [6.45, 7) is 4.09. The third-order valence-electron chi connectivity index (χ3n) is 4.93. The molecule has 4 rings (SSSR count). The van der Waals surface area contributed by atoms with Crippen LogP contribution in [0.5, 0.6) is 0 Å². The van der Waals surface area contributed by atoms with Crippen molar-refractivity contribution in [3.05, 3.63) is 63.5 Å². The summed E-state index contributed by atoms with van der Waals surface area (Å²) >= 11 is 3.46. The molecule has 1 amide bonds. The highest BCUT2D eigenvalue weighted by molar-refractivity contribution is 9.10. The van der Waals surface area contributed by atoms with E-state index in [9.17, 15) is 4.79 Å². The van der Waals surface area contributed by atoms with E-state index in [1.807, 2.05) is 31.2 Å². The third-order valence-corrected chi connectivity index (χ3v) is 5.43. The Balaban J connectivity index is 1.58. The van der Waals surface area contributed by atoms with Crippen molar-refractivity contribution in [1.82, 2.24) is 9.38 Å². The molecule has 1 unspecified atom stereocenters. The second-order valence-electron chi connectivity index (χ2n) is 6.83. The maximum Gasteiger partial charge on any atom is 0.227 e. The van der Waals surface area contributed by atoms with Crippen LogP contribution in [0.1, 0.15) is 28.9 Å². The zero-order valence-electron chi connectivity index (χ0n) is 14.3. The summed E-state index contributed by atoms with van der Waals surface area (Å²) in [6, 6.07) is 10.0. The fourth-order valence-electron chi connectivity index (χ4n) is 3.54. The molecule has 1 N–H and O–H groups in total. The largest absolute Gasteiger partial charge is 0.326 e. The molecule has 0 radical (unpaired) electrons. The van der Waals surface area contributed by atoms with Gasteiger partial charge in [-0.2, -0.15) is 0 Å². The van der Waals surface area contributed by atoms with Gasteiger partial charge in [0, 0.05) is 34.4 Å². The first-order valence-electron chi connectivity index (χ1n) is 8.55. The molecule has 0 saturated carbocycles. The lowest BCUT2D eigenvalue weighted by Gasteiger charge is -2.22. The Bertz CT molecular complexity index is 976. The van der Waals surface area contributed by atoms with Gasteiger partial charge >= 0.3 is 0 Å². The number of benzene rings is 1. The number of aromatic nitrogens is 2. The van der Waals surface area contributed by atoms with Crippen molar-refractivity contribution in [2.24, 2.45) is 5.92 Å². The highest BCUT2D eigenvalue weighted by atomic mass is 79.9. The first kappa shape index (κ1) is 16.3. The summed E-state index contributed by atoms with van der Waals surface area (Å²) in [5.74, 6) is 0.0784. The number of imidazole rings is 1. The normalized spacial score (nSPS) is 16.7. The second-order valence-corrected chi connectivity index (χ2v) is 7.74. The molecule has 1 atom stereocenters. The van der Waals surface area contributed by atoms with Gasteiger partial charge in [-0.1, -0.05) is 22.0 Å². The van der Waals surface area contributed by atoms with Gasteiger partial charge in [-0.15, -0.1) is 0 Å². The maximum atomic E-state index is 12.8. The van der Waals surface area contributed by atoms with Crippen LogP contribution in [-0.4, -0.2) is 15.3 Å². The fourth-order valence-corrected chi connectivity index (χ4v) is 4.01. The summed E-state index contributed by atoms with van der Waals surface area (Å²) in [6.07, 6.45) is 4.55. The van der Waals surface area contributed by atoms with Crippen LogP contribution in [0.4, 0.5) is 5.69 Å². The quantitative estimate of drug-likeness (QED) is 0.693. The third kappa shape index (κ3) is 3.09. The Morgan fingerprint density at radius 1 is 1.28 bits per heavy atom. The van der Waals surface area contributed by atoms with Gasteiger partial charge in [0.25, 0.3) is 0 Å². The summed E-state index contributed by atoms with van der Waals surface area (Å²) in [7, 11) is 0. The van der Waals surface area contributed by atoms with Crippen molar-refractivity contribution in [1.29, 1.82) is 0 Å². The van der Waals surface area contributed by atoms with E-state index in [-0.39, 0.29) is 11.8 Å². The fraction of sp³-hybridized carbons (Fsp3) is 0.300. The zero-order valence-corrected chi connectivity index (χ0v) is 15.9. The van der Waals surface area contributed by atoms with Crippen molar-refractivity contribution in [3.63, 3.8) is 0 Å². The number of amides is 1. The number of carbonyl (C=O) groups excluding carboxylic acids is 1. The standard InChI is InChI=1S/C20H20BrN3O/c1-12-3-8-19-22-17-6-4-14(10-18(17)24(19)11-12)20(25)23-16-7-5-15(21)9-13(16)2/h3,5,7-9,11,14H,4,6,10H2,1-2H3,(H,23,25). The maximum absolute atomic E-state index is 12.8. The Hall–Kier alpha value is -2.14. The van der Waals surface area contributed by atoms with Gasteiger partial charge in [-0.3, -0.25) is 4.79 Å². The lowest BCUT2D eigenvalue weighted by atomic mass is 9.89. The lowest BCUT2D eigenvalue weighted by Crippen LogP contribution is -2.28. The van der Waals surface area contributed by atoms with Gasteiger partial charge in [-0.25, -0.2) is 4.98 Å². The van der Waals surface area contributed by atoms with E-state index < -0.39 is 0 Å². The molecule has 25 heavy (non-hydrogen) atoms. The van der Waals surface area contributed by atoms with Crippen LogP contribution in [-0.2, 0) is 17.6 Å². The molecule has 2 aromatic heterocycles.